The minimum atomic E-state index is -4.36. The second kappa shape index (κ2) is 6.66. The molecule has 2 rings (SSSR count). The van der Waals surface area contributed by atoms with Crippen LogP contribution in [0.5, 0.6) is 0 Å². The predicted molar refractivity (Wildman–Crippen MR) is 67.4 cm³/mol. The van der Waals surface area contributed by atoms with Crippen LogP contribution in [0.1, 0.15) is 5.76 Å². The maximum absolute atomic E-state index is 12.3. The van der Waals surface area contributed by atoms with E-state index < -0.39 is 12.7 Å². The van der Waals surface area contributed by atoms with Crippen molar-refractivity contribution in [3.8, 4) is 0 Å². The molecule has 0 saturated heterocycles. The number of halogens is 3. The van der Waals surface area contributed by atoms with Crippen molar-refractivity contribution in [1.82, 2.24) is 20.1 Å². The molecule has 2 heterocycles. The van der Waals surface area contributed by atoms with Gasteiger partial charge in [-0.2, -0.15) is 13.2 Å². The number of aromatic nitrogens is 3. The Morgan fingerprint density at radius 2 is 2.29 bits per heavy atom. The number of thioether (sulfide) groups is 1. The monoisotopic (exact) mass is 320 g/mol. The number of alkyl halides is 3. The van der Waals surface area contributed by atoms with Crippen LogP contribution in [0.4, 0.5) is 13.2 Å². The third-order valence-corrected chi connectivity index (χ3v) is 3.28. The third kappa shape index (κ3) is 5.14. The highest BCUT2D eigenvalue weighted by Crippen LogP contribution is 2.21. The molecule has 1 N–H and O–H groups in total. The van der Waals surface area contributed by atoms with Gasteiger partial charge in [-0.1, -0.05) is 11.8 Å². The number of furan rings is 1. The van der Waals surface area contributed by atoms with Gasteiger partial charge in [0, 0.05) is 0 Å². The summed E-state index contributed by atoms with van der Waals surface area (Å²) in [7, 11) is 0. The van der Waals surface area contributed by atoms with E-state index in [4.69, 9.17) is 4.42 Å². The molecule has 6 nitrogen and oxygen atoms in total. The first-order valence-electron chi connectivity index (χ1n) is 5.80. The van der Waals surface area contributed by atoms with Crippen molar-refractivity contribution in [1.29, 1.82) is 0 Å². The van der Waals surface area contributed by atoms with Gasteiger partial charge < -0.3 is 9.73 Å². The molecule has 0 aliphatic carbocycles. The average molecular weight is 320 g/mol. The zero-order chi connectivity index (χ0) is 15.3. The normalized spacial score (nSPS) is 11.6. The maximum Gasteiger partial charge on any atom is 0.406 e. The van der Waals surface area contributed by atoms with Crippen LogP contribution in [-0.2, 0) is 17.9 Å². The summed E-state index contributed by atoms with van der Waals surface area (Å²) in [5.74, 6) is 0.198. The molecule has 0 saturated carbocycles. The van der Waals surface area contributed by atoms with E-state index in [1.54, 1.807) is 12.1 Å². The molecule has 0 radical (unpaired) electrons. The predicted octanol–water partition coefficient (Wildman–Crippen LogP) is 1.84. The number of hydrogen-bond acceptors (Lipinski definition) is 5. The van der Waals surface area contributed by atoms with Crippen molar-refractivity contribution in [2.75, 3.05) is 5.75 Å². The van der Waals surface area contributed by atoms with Gasteiger partial charge in [0.25, 0.3) is 0 Å². The number of carbonyl (C=O) groups is 1. The van der Waals surface area contributed by atoms with Gasteiger partial charge in [-0.3, -0.25) is 9.36 Å². The van der Waals surface area contributed by atoms with Crippen molar-refractivity contribution < 1.29 is 22.4 Å². The van der Waals surface area contributed by atoms with Crippen LogP contribution in [0.25, 0.3) is 0 Å². The molecular formula is C11H11F3N4O2S. The van der Waals surface area contributed by atoms with E-state index in [0.717, 1.165) is 22.7 Å². The van der Waals surface area contributed by atoms with E-state index in [-0.39, 0.29) is 23.4 Å². The second-order valence-corrected chi connectivity index (χ2v) is 4.94. The first-order valence-corrected chi connectivity index (χ1v) is 6.79. The van der Waals surface area contributed by atoms with Crippen LogP contribution in [0.3, 0.4) is 0 Å². The molecule has 0 aliphatic rings. The zero-order valence-corrected chi connectivity index (χ0v) is 11.4. The summed E-state index contributed by atoms with van der Waals surface area (Å²) < 4.78 is 42.8. The summed E-state index contributed by atoms with van der Waals surface area (Å²) in [6.07, 6.45) is -1.90. The van der Waals surface area contributed by atoms with Gasteiger partial charge in [0.15, 0.2) is 5.16 Å². The van der Waals surface area contributed by atoms with E-state index in [2.05, 4.69) is 15.5 Å². The Hall–Kier alpha value is -1.97. The Kier molecular flexibility index (Phi) is 4.89. The lowest BCUT2D eigenvalue weighted by molar-refractivity contribution is -0.142. The minimum absolute atomic E-state index is 0.0421. The molecule has 10 heteroatoms. The summed E-state index contributed by atoms with van der Waals surface area (Å²) >= 11 is 0.886. The van der Waals surface area contributed by atoms with Crippen LogP contribution < -0.4 is 5.32 Å². The number of nitrogens with zero attached hydrogens (tertiary/aromatic N) is 3. The van der Waals surface area contributed by atoms with E-state index in [0.29, 0.717) is 5.76 Å². The number of hydrogen-bond donors (Lipinski definition) is 1. The Balaban J connectivity index is 1.80. The van der Waals surface area contributed by atoms with Crippen LogP contribution in [0, 0.1) is 0 Å². The molecule has 114 valence electrons. The summed E-state index contributed by atoms with van der Waals surface area (Å²) in [6.45, 7) is -0.960. The molecule has 21 heavy (non-hydrogen) atoms. The topological polar surface area (TPSA) is 73.0 Å². The molecule has 0 fully saturated rings. The molecule has 0 unspecified atom stereocenters. The smallest absolute Gasteiger partial charge is 0.406 e. The van der Waals surface area contributed by atoms with Gasteiger partial charge in [0.2, 0.25) is 5.91 Å². The van der Waals surface area contributed by atoms with Crippen molar-refractivity contribution >= 4 is 17.7 Å². The fourth-order valence-corrected chi connectivity index (χ4v) is 2.18. The highest BCUT2D eigenvalue weighted by atomic mass is 32.2. The van der Waals surface area contributed by atoms with E-state index >= 15 is 0 Å². The Labute approximate surface area is 121 Å². The van der Waals surface area contributed by atoms with Gasteiger partial charge in [0.05, 0.1) is 18.6 Å². The lowest BCUT2D eigenvalue weighted by atomic mass is 10.4. The summed E-state index contributed by atoms with van der Waals surface area (Å²) in [5, 5.41) is 9.60. The van der Waals surface area contributed by atoms with Gasteiger partial charge in [-0.15, -0.1) is 10.2 Å². The Morgan fingerprint density at radius 3 is 2.95 bits per heavy atom. The van der Waals surface area contributed by atoms with Crippen LogP contribution in [0.2, 0.25) is 0 Å². The molecule has 0 spiro atoms. The van der Waals surface area contributed by atoms with Crippen molar-refractivity contribution in [2.24, 2.45) is 0 Å². The summed E-state index contributed by atoms with van der Waals surface area (Å²) in [6, 6.07) is 3.39. The lowest BCUT2D eigenvalue weighted by Crippen LogP contribution is -2.24. The maximum atomic E-state index is 12.3. The first-order chi connectivity index (χ1) is 9.94. The number of nitrogens with one attached hydrogen (secondary N) is 1. The fourth-order valence-electron chi connectivity index (χ4n) is 1.44. The van der Waals surface area contributed by atoms with Gasteiger partial charge in [0.1, 0.15) is 18.6 Å². The van der Waals surface area contributed by atoms with Gasteiger partial charge in [-0.05, 0) is 12.1 Å². The summed E-state index contributed by atoms with van der Waals surface area (Å²) in [5.41, 5.74) is 0. The molecule has 0 aromatic carbocycles. The standard InChI is InChI=1S/C11H11F3N4O2S/c12-11(13,14)6-18-7-16-17-10(18)21-5-9(19)15-4-8-2-1-3-20-8/h1-3,7H,4-6H2,(H,15,19). The van der Waals surface area contributed by atoms with Crippen molar-refractivity contribution in [2.45, 2.75) is 24.4 Å². The van der Waals surface area contributed by atoms with E-state index in [9.17, 15) is 18.0 Å². The molecule has 2 aromatic heterocycles. The fraction of sp³-hybridized carbons (Fsp3) is 0.364. The van der Waals surface area contributed by atoms with E-state index in [1.165, 1.54) is 6.26 Å². The SMILES string of the molecule is O=C(CSc1nncn1CC(F)(F)F)NCc1ccco1. The van der Waals surface area contributed by atoms with Crippen molar-refractivity contribution in [3.63, 3.8) is 0 Å². The largest absolute Gasteiger partial charge is 0.467 e. The third-order valence-electron chi connectivity index (χ3n) is 2.30. The second-order valence-electron chi connectivity index (χ2n) is 4.00. The van der Waals surface area contributed by atoms with Crippen LogP contribution >= 0.6 is 11.8 Å². The number of carbonyl (C=O) groups excluding carboxylic acids is 1. The Morgan fingerprint density at radius 1 is 1.48 bits per heavy atom. The van der Waals surface area contributed by atoms with E-state index in [1.807, 2.05) is 0 Å². The van der Waals surface area contributed by atoms with Gasteiger partial charge >= 0.3 is 6.18 Å². The average Bonchev–Trinajstić information content (AvgIpc) is 3.03. The number of amides is 1. The molecular weight excluding hydrogens is 309 g/mol. The zero-order valence-electron chi connectivity index (χ0n) is 10.6. The minimum Gasteiger partial charge on any atom is -0.467 e. The van der Waals surface area contributed by atoms with Crippen LogP contribution in [-0.4, -0.2) is 32.6 Å². The molecule has 2 aromatic rings. The first kappa shape index (κ1) is 15.4. The molecule has 0 bridgehead atoms. The molecule has 0 atom stereocenters. The van der Waals surface area contributed by atoms with Crippen molar-refractivity contribution in [3.05, 3.63) is 30.5 Å². The molecule has 0 aliphatic heterocycles. The van der Waals surface area contributed by atoms with Crippen LogP contribution in [0.15, 0.2) is 34.3 Å². The van der Waals surface area contributed by atoms with Gasteiger partial charge in [-0.25, -0.2) is 0 Å². The number of rotatable bonds is 6. The molecule has 1 amide bonds. The summed E-state index contributed by atoms with van der Waals surface area (Å²) in [4.78, 5) is 11.6. The highest BCUT2D eigenvalue weighted by molar-refractivity contribution is 7.99. The highest BCUT2D eigenvalue weighted by Gasteiger charge is 2.29. The Bertz CT molecular complexity index is 583. The quantitative estimate of drug-likeness (QED) is 0.822. The lowest BCUT2D eigenvalue weighted by Gasteiger charge is -2.09.